The fourth-order valence-electron chi connectivity index (χ4n) is 3.08. The van der Waals surface area contributed by atoms with Crippen molar-refractivity contribution in [3.05, 3.63) is 59.7 Å². The number of nitrogens with zero attached hydrogens (tertiary/aromatic N) is 2. The molecule has 8 nitrogen and oxygen atoms in total. The first-order chi connectivity index (χ1) is 13.1. The minimum Gasteiger partial charge on any atom is -0.497 e. The van der Waals surface area contributed by atoms with Crippen LogP contribution in [0.15, 0.2) is 53.6 Å². The third-order valence-electron chi connectivity index (χ3n) is 4.22. The van der Waals surface area contributed by atoms with E-state index in [9.17, 15) is 16.8 Å². The van der Waals surface area contributed by atoms with Gasteiger partial charge in [0.25, 0.3) is 0 Å². The molecule has 0 unspecified atom stereocenters. The summed E-state index contributed by atoms with van der Waals surface area (Å²) < 4.78 is 56.8. The van der Waals surface area contributed by atoms with Crippen molar-refractivity contribution in [3.8, 4) is 5.75 Å². The first-order valence-corrected chi connectivity index (χ1v) is 12.1. The zero-order valence-corrected chi connectivity index (χ0v) is 17.3. The molecule has 0 saturated carbocycles. The maximum Gasteiger partial charge on any atom is 0.247 e. The SMILES string of the molecule is COc1cccc([C@@H]2CC(c3ccccc3NS(C)(=O)=O)=NN2S(C)(=O)=O)c1. The van der Waals surface area contributed by atoms with Crippen LogP contribution in [-0.4, -0.2) is 46.6 Å². The van der Waals surface area contributed by atoms with Gasteiger partial charge in [-0.15, -0.1) is 0 Å². The van der Waals surface area contributed by atoms with E-state index in [1.54, 1.807) is 42.5 Å². The molecule has 1 N–H and O–H groups in total. The average molecular weight is 424 g/mol. The van der Waals surface area contributed by atoms with E-state index in [2.05, 4.69) is 9.82 Å². The van der Waals surface area contributed by atoms with Crippen LogP contribution in [-0.2, 0) is 20.0 Å². The monoisotopic (exact) mass is 423 g/mol. The number of methoxy groups -OCH3 is 1. The smallest absolute Gasteiger partial charge is 0.247 e. The summed E-state index contributed by atoms with van der Waals surface area (Å²) in [6.45, 7) is 0. The van der Waals surface area contributed by atoms with Gasteiger partial charge in [0.05, 0.1) is 37.1 Å². The van der Waals surface area contributed by atoms with Crippen LogP contribution in [0.4, 0.5) is 5.69 Å². The maximum atomic E-state index is 12.3. The Balaban J connectivity index is 2.05. The predicted octanol–water partition coefficient (Wildman–Crippen LogP) is 2.18. The molecule has 0 saturated heterocycles. The second-order valence-electron chi connectivity index (χ2n) is 6.50. The van der Waals surface area contributed by atoms with Crippen molar-refractivity contribution < 1.29 is 21.6 Å². The van der Waals surface area contributed by atoms with E-state index in [0.29, 0.717) is 29.1 Å². The summed E-state index contributed by atoms with van der Waals surface area (Å²) in [6, 6.07) is 13.3. The second-order valence-corrected chi connectivity index (χ2v) is 10.1. The molecule has 0 aliphatic carbocycles. The van der Waals surface area contributed by atoms with E-state index in [4.69, 9.17) is 4.74 Å². The number of rotatable bonds is 6. The standard InChI is InChI=1S/C18H21N3O5S2/c1-26-14-8-6-7-13(11-14)18-12-17(19-21(18)28(3,24)25)15-9-4-5-10-16(15)20-27(2,22)23/h4-11,18,20H,12H2,1-3H3/t18-/m0/s1. The first kappa shape index (κ1) is 20.2. The van der Waals surface area contributed by atoms with E-state index in [1.165, 1.54) is 7.11 Å². The predicted molar refractivity (Wildman–Crippen MR) is 108 cm³/mol. The van der Waals surface area contributed by atoms with E-state index in [1.807, 2.05) is 6.07 Å². The Labute approximate surface area is 164 Å². The first-order valence-electron chi connectivity index (χ1n) is 8.36. The van der Waals surface area contributed by atoms with Crippen LogP contribution in [0.2, 0.25) is 0 Å². The Morgan fingerprint density at radius 2 is 1.79 bits per heavy atom. The highest BCUT2D eigenvalue weighted by Crippen LogP contribution is 2.37. The molecular weight excluding hydrogens is 402 g/mol. The number of ether oxygens (including phenoxy) is 1. The average Bonchev–Trinajstić information content (AvgIpc) is 3.06. The van der Waals surface area contributed by atoms with Gasteiger partial charge in [0.1, 0.15) is 5.75 Å². The van der Waals surface area contributed by atoms with Gasteiger partial charge < -0.3 is 4.74 Å². The highest BCUT2D eigenvalue weighted by atomic mass is 32.2. The Kier molecular flexibility index (Phi) is 5.35. The molecule has 150 valence electrons. The lowest BCUT2D eigenvalue weighted by molar-refractivity contribution is 0.371. The van der Waals surface area contributed by atoms with Gasteiger partial charge in [-0.25, -0.2) is 16.8 Å². The topological polar surface area (TPSA) is 105 Å². The van der Waals surface area contributed by atoms with Gasteiger partial charge in [-0.1, -0.05) is 30.3 Å². The molecular formula is C18H21N3O5S2. The van der Waals surface area contributed by atoms with Crippen LogP contribution in [0.3, 0.4) is 0 Å². The summed E-state index contributed by atoms with van der Waals surface area (Å²) >= 11 is 0. The van der Waals surface area contributed by atoms with Crippen LogP contribution in [0.1, 0.15) is 23.6 Å². The van der Waals surface area contributed by atoms with Crippen molar-refractivity contribution in [1.29, 1.82) is 0 Å². The Morgan fingerprint density at radius 1 is 1.07 bits per heavy atom. The molecule has 1 aliphatic heterocycles. The van der Waals surface area contributed by atoms with Crippen molar-refractivity contribution >= 4 is 31.4 Å². The Morgan fingerprint density at radius 3 is 2.43 bits per heavy atom. The molecule has 0 amide bonds. The lowest BCUT2D eigenvalue weighted by Gasteiger charge is -2.21. The van der Waals surface area contributed by atoms with E-state index < -0.39 is 26.1 Å². The molecule has 0 fully saturated rings. The molecule has 1 heterocycles. The number of hydrogen-bond acceptors (Lipinski definition) is 6. The quantitative estimate of drug-likeness (QED) is 0.767. The van der Waals surface area contributed by atoms with Crippen molar-refractivity contribution in [2.24, 2.45) is 5.10 Å². The largest absolute Gasteiger partial charge is 0.497 e. The lowest BCUT2D eigenvalue weighted by atomic mass is 9.98. The summed E-state index contributed by atoms with van der Waals surface area (Å²) in [5.74, 6) is 0.610. The number of anilines is 1. The molecule has 10 heteroatoms. The Hall–Kier alpha value is -2.59. The van der Waals surface area contributed by atoms with Crippen LogP contribution < -0.4 is 9.46 Å². The maximum absolute atomic E-state index is 12.3. The minimum atomic E-state index is -3.64. The molecule has 1 aliphatic rings. The summed E-state index contributed by atoms with van der Waals surface area (Å²) in [5, 5.41) is 4.32. The van der Waals surface area contributed by atoms with Gasteiger partial charge in [-0.3, -0.25) is 4.72 Å². The third kappa shape index (κ3) is 4.45. The summed E-state index contributed by atoms with van der Waals surface area (Å²) in [5.41, 5.74) is 2.09. The number of para-hydroxylation sites is 1. The van der Waals surface area contributed by atoms with Gasteiger partial charge in [-0.05, 0) is 23.8 Å². The van der Waals surface area contributed by atoms with E-state index in [-0.39, 0.29) is 0 Å². The number of benzene rings is 2. The molecule has 1 atom stereocenters. The van der Waals surface area contributed by atoms with Crippen LogP contribution in [0, 0.1) is 0 Å². The van der Waals surface area contributed by atoms with Crippen molar-refractivity contribution in [2.75, 3.05) is 24.3 Å². The number of nitrogens with one attached hydrogen (secondary N) is 1. The van der Waals surface area contributed by atoms with Crippen LogP contribution >= 0.6 is 0 Å². The molecule has 0 bridgehead atoms. The van der Waals surface area contributed by atoms with E-state index >= 15 is 0 Å². The third-order valence-corrected chi connectivity index (χ3v) is 5.83. The highest BCUT2D eigenvalue weighted by molar-refractivity contribution is 7.92. The molecule has 2 aromatic rings. The summed E-state index contributed by atoms with van der Waals surface area (Å²) in [7, 11) is -5.60. The molecule has 0 aromatic heterocycles. The highest BCUT2D eigenvalue weighted by Gasteiger charge is 2.35. The molecule has 0 spiro atoms. The molecule has 3 rings (SSSR count). The van der Waals surface area contributed by atoms with Crippen molar-refractivity contribution in [2.45, 2.75) is 12.5 Å². The lowest BCUT2D eigenvalue weighted by Crippen LogP contribution is -2.25. The van der Waals surface area contributed by atoms with Gasteiger partial charge in [-0.2, -0.15) is 9.52 Å². The Bertz CT molecular complexity index is 1130. The number of sulfonamides is 2. The van der Waals surface area contributed by atoms with Crippen molar-refractivity contribution in [1.82, 2.24) is 4.41 Å². The van der Waals surface area contributed by atoms with E-state index in [0.717, 1.165) is 22.5 Å². The second kappa shape index (κ2) is 7.44. The summed E-state index contributed by atoms with van der Waals surface area (Å²) in [4.78, 5) is 0. The van der Waals surface area contributed by atoms with Crippen molar-refractivity contribution in [3.63, 3.8) is 0 Å². The van der Waals surface area contributed by atoms with Gasteiger partial charge in [0.2, 0.25) is 20.0 Å². The molecule has 2 aromatic carbocycles. The normalized spacial score (nSPS) is 17.3. The molecule has 28 heavy (non-hydrogen) atoms. The summed E-state index contributed by atoms with van der Waals surface area (Å²) in [6.07, 6.45) is 2.44. The number of hydrogen-bond donors (Lipinski definition) is 1. The fourth-order valence-corrected chi connectivity index (χ4v) is 4.56. The van der Waals surface area contributed by atoms with Gasteiger partial charge in [0.15, 0.2) is 0 Å². The zero-order valence-electron chi connectivity index (χ0n) is 15.7. The van der Waals surface area contributed by atoms with Crippen LogP contribution in [0.25, 0.3) is 0 Å². The zero-order chi connectivity index (χ0) is 20.5. The fraction of sp³-hybridized carbons (Fsp3) is 0.278. The van der Waals surface area contributed by atoms with Gasteiger partial charge in [0, 0.05) is 12.0 Å². The van der Waals surface area contributed by atoms with Gasteiger partial charge >= 0.3 is 0 Å². The number of hydrazone groups is 1. The minimum absolute atomic E-state index is 0.294. The van der Waals surface area contributed by atoms with Crippen LogP contribution in [0.5, 0.6) is 5.75 Å². The molecule has 0 radical (unpaired) electrons.